The van der Waals surface area contributed by atoms with Crippen LogP contribution < -0.4 is 11.1 Å². The monoisotopic (exact) mass is 248 g/mol. The molecule has 0 spiro atoms. The molecule has 3 unspecified atom stereocenters. The third-order valence-corrected chi connectivity index (χ3v) is 4.09. The summed E-state index contributed by atoms with van der Waals surface area (Å²) in [6, 6.07) is 0.515. The Labute approximate surface area is 109 Å². The van der Waals surface area contributed by atoms with E-state index in [0.29, 0.717) is 17.8 Å². The van der Waals surface area contributed by atoms with Gasteiger partial charge in [0.25, 0.3) is 0 Å². The third kappa shape index (κ3) is 2.74. The van der Waals surface area contributed by atoms with Crippen LogP contribution in [0.1, 0.15) is 45.6 Å². The number of hydrogen-bond donors (Lipinski definition) is 2. The summed E-state index contributed by atoms with van der Waals surface area (Å²) in [5.74, 6) is 3.07. The number of rotatable bonds is 3. The van der Waals surface area contributed by atoms with E-state index in [-0.39, 0.29) is 0 Å². The molecule has 100 valence electrons. The Bertz CT molecular complexity index is 405. The van der Waals surface area contributed by atoms with Crippen LogP contribution in [0.25, 0.3) is 0 Å². The van der Waals surface area contributed by atoms with Crippen molar-refractivity contribution < 1.29 is 0 Å². The molecule has 1 aromatic heterocycles. The second-order valence-corrected chi connectivity index (χ2v) is 5.59. The summed E-state index contributed by atoms with van der Waals surface area (Å²) in [6.07, 6.45) is 6.22. The van der Waals surface area contributed by atoms with E-state index < -0.39 is 0 Å². The lowest BCUT2D eigenvalue weighted by Crippen LogP contribution is -2.33. The van der Waals surface area contributed by atoms with Gasteiger partial charge >= 0.3 is 0 Å². The fourth-order valence-corrected chi connectivity index (χ4v) is 2.95. The van der Waals surface area contributed by atoms with Crippen LogP contribution in [0.3, 0.4) is 0 Å². The number of hydrogen-bond acceptors (Lipinski definition) is 4. The Morgan fingerprint density at radius 3 is 2.78 bits per heavy atom. The van der Waals surface area contributed by atoms with Crippen molar-refractivity contribution in [3.63, 3.8) is 0 Å². The summed E-state index contributed by atoms with van der Waals surface area (Å²) in [5, 5.41) is 3.58. The predicted molar refractivity (Wildman–Crippen MR) is 75.4 cm³/mol. The third-order valence-electron chi connectivity index (χ3n) is 4.09. The number of nitrogen functional groups attached to an aromatic ring is 1. The molecule has 0 amide bonds. The topological polar surface area (TPSA) is 63.8 Å². The summed E-state index contributed by atoms with van der Waals surface area (Å²) in [5.41, 5.74) is 6.95. The minimum absolute atomic E-state index is 0.515. The standard InChI is InChI=1S/C14H24N4/c1-4-11-13(15)16-8-17-14(11)18-12-6-5-9(2)7-10(12)3/h8-10,12H,4-7H2,1-3H3,(H3,15,16,17,18). The van der Waals surface area contributed by atoms with Gasteiger partial charge in [0.2, 0.25) is 0 Å². The SMILES string of the molecule is CCc1c(N)ncnc1NC1CCC(C)CC1C. The summed E-state index contributed by atoms with van der Waals surface area (Å²) in [6.45, 7) is 6.75. The minimum Gasteiger partial charge on any atom is -0.383 e. The van der Waals surface area contributed by atoms with Crippen LogP contribution in [0.15, 0.2) is 6.33 Å². The molecule has 1 aliphatic carbocycles. The lowest BCUT2D eigenvalue weighted by atomic mass is 9.80. The zero-order chi connectivity index (χ0) is 13.1. The maximum absolute atomic E-state index is 5.90. The van der Waals surface area contributed by atoms with E-state index in [0.717, 1.165) is 23.7 Å². The molecule has 4 nitrogen and oxygen atoms in total. The lowest BCUT2D eigenvalue weighted by Gasteiger charge is -2.33. The summed E-state index contributed by atoms with van der Waals surface area (Å²) in [4.78, 5) is 8.42. The largest absolute Gasteiger partial charge is 0.383 e. The van der Waals surface area contributed by atoms with Gasteiger partial charge in [-0.15, -0.1) is 0 Å². The molecule has 4 heteroatoms. The molecule has 2 rings (SSSR count). The first kappa shape index (κ1) is 13.1. The van der Waals surface area contributed by atoms with Gasteiger partial charge in [-0.3, -0.25) is 0 Å². The van der Waals surface area contributed by atoms with Gasteiger partial charge in [-0.1, -0.05) is 20.8 Å². The number of anilines is 2. The summed E-state index contributed by atoms with van der Waals surface area (Å²) < 4.78 is 0. The minimum atomic E-state index is 0.515. The number of nitrogens with one attached hydrogen (secondary N) is 1. The number of nitrogens with zero attached hydrogens (tertiary/aromatic N) is 2. The van der Waals surface area contributed by atoms with Crippen LogP contribution in [-0.4, -0.2) is 16.0 Å². The van der Waals surface area contributed by atoms with Gasteiger partial charge in [0.05, 0.1) is 0 Å². The molecule has 1 fully saturated rings. The van der Waals surface area contributed by atoms with Crippen molar-refractivity contribution in [2.24, 2.45) is 11.8 Å². The maximum Gasteiger partial charge on any atom is 0.134 e. The van der Waals surface area contributed by atoms with Crippen molar-refractivity contribution in [1.82, 2.24) is 9.97 Å². The van der Waals surface area contributed by atoms with Crippen LogP contribution in [-0.2, 0) is 6.42 Å². The van der Waals surface area contributed by atoms with Crippen molar-refractivity contribution in [2.75, 3.05) is 11.1 Å². The molecule has 1 aliphatic rings. The van der Waals surface area contributed by atoms with Crippen molar-refractivity contribution in [3.8, 4) is 0 Å². The predicted octanol–water partition coefficient (Wildman–Crippen LogP) is 2.86. The van der Waals surface area contributed by atoms with Gasteiger partial charge in [-0.25, -0.2) is 9.97 Å². The van der Waals surface area contributed by atoms with E-state index in [4.69, 9.17) is 5.73 Å². The molecule has 0 aromatic carbocycles. The second kappa shape index (κ2) is 5.55. The molecule has 0 radical (unpaired) electrons. The maximum atomic E-state index is 5.90. The van der Waals surface area contributed by atoms with Gasteiger partial charge < -0.3 is 11.1 Å². The molecule has 0 saturated heterocycles. The van der Waals surface area contributed by atoms with E-state index in [1.54, 1.807) is 6.33 Å². The Kier molecular flexibility index (Phi) is 4.04. The van der Waals surface area contributed by atoms with E-state index in [9.17, 15) is 0 Å². The Balaban J connectivity index is 2.12. The number of aromatic nitrogens is 2. The highest BCUT2D eigenvalue weighted by atomic mass is 15.1. The van der Waals surface area contributed by atoms with Crippen LogP contribution in [0.2, 0.25) is 0 Å². The molecule has 3 atom stereocenters. The molecular formula is C14H24N4. The first-order valence-electron chi connectivity index (χ1n) is 6.97. The van der Waals surface area contributed by atoms with Crippen molar-refractivity contribution in [1.29, 1.82) is 0 Å². The quantitative estimate of drug-likeness (QED) is 0.863. The Morgan fingerprint density at radius 2 is 2.11 bits per heavy atom. The van der Waals surface area contributed by atoms with Gasteiger partial charge in [-0.05, 0) is 37.5 Å². The highest BCUT2D eigenvalue weighted by Gasteiger charge is 2.26. The molecule has 1 saturated carbocycles. The molecule has 3 N–H and O–H groups in total. The average Bonchev–Trinajstić information content (AvgIpc) is 2.33. The highest BCUT2D eigenvalue weighted by Crippen LogP contribution is 2.31. The highest BCUT2D eigenvalue weighted by molar-refractivity contribution is 5.55. The van der Waals surface area contributed by atoms with E-state index >= 15 is 0 Å². The fourth-order valence-electron chi connectivity index (χ4n) is 2.95. The molecule has 0 aliphatic heterocycles. The normalized spacial score (nSPS) is 28.1. The summed E-state index contributed by atoms with van der Waals surface area (Å²) >= 11 is 0. The smallest absolute Gasteiger partial charge is 0.134 e. The van der Waals surface area contributed by atoms with Gasteiger partial charge in [0, 0.05) is 11.6 Å². The molecule has 1 aromatic rings. The van der Waals surface area contributed by atoms with Gasteiger partial charge in [-0.2, -0.15) is 0 Å². The molecule has 1 heterocycles. The van der Waals surface area contributed by atoms with E-state index in [1.165, 1.54) is 19.3 Å². The molecule has 0 bridgehead atoms. The van der Waals surface area contributed by atoms with Crippen LogP contribution in [0.4, 0.5) is 11.6 Å². The fraction of sp³-hybridized carbons (Fsp3) is 0.714. The first-order chi connectivity index (χ1) is 8.61. The first-order valence-corrected chi connectivity index (χ1v) is 6.97. The second-order valence-electron chi connectivity index (χ2n) is 5.59. The average molecular weight is 248 g/mol. The number of nitrogens with two attached hydrogens (primary N) is 1. The van der Waals surface area contributed by atoms with Crippen molar-refractivity contribution >= 4 is 11.6 Å². The van der Waals surface area contributed by atoms with E-state index in [2.05, 4.69) is 36.1 Å². The van der Waals surface area contributed by atoms with Gasteiger partial charge in [0.15, 0.2) is 0 Å². The molecular weight excluding hydrogens is 224 g/mol. The van der Waals surface area contributed by atoms with Crippen molar-refractivity contribution in [2.45, 2.75) is 52.5 Å². The lowest BCUT2D eigenvalue weighted by molar-refractivity contribution is 0.276. The zero-order valence-electron chi connectivity index (χ0n) is 11.6. The zero-order valence-corrected chi connectivity index (χ0v) is 11.6. The van der Waals surface area contributed by atoms with Crippen molar-refractivity contribution in [3.05, 3.63) is 11.9 Å². The van der Waals surface area contributed by atoms with Gasteiger partial charge in [0.1, 0.15) is 18.0 Å². The Morgan fingerprint density at radius 1 is 1.33 bits per heavy atom. The Hall–Kier alpha value is -1.32. The van der Waals surface area contributed by atoms with Crippen LogP contribution in [0, 0.1) is 11.8 Å². The summed E-state index contributed by atoms with van der Waals surface area (Å²) in [7, 11) is 0. The molecule has 18 heavy (non-hydrogen) atoms. The van der Waals surface area contributed by atoms with Crippen LogP contribution >= 0.6 is 0 Å². The van der Waals surface area contributed by atoms with E-state index in [1.807, 2.05) is 0 Å². The van der Waals surface area contributed by atoms with Crippen LogP contribution in [0.5, 0.6) is 0 Å².